The van der Waals surface area contributed by atoms with E-state index >= 15 is 0 Å². The van der Waals surface area contributed by atoms with Crippen LogP contribution in [0, 0.1) is 10.1 Å². The normalized spacial score (nSPS) is 11.3. The molecule has 1 heterocycles. The van der Waals surface area contributed by atoms with Gasteiger partial charge < -0.3 is 15.6 Å². The lowest BCUT2D eigenvalue weighted by molar-refractivity contribution is -0.385. The molecule has 0 atom stereocenters. The van der Waals surface area contributed by atoms with Crippen LogP contribution in [0.2, 0.25) is 0 Å². The molecule has 1 aromatic heterocycles. The fourth-order valence-electron chi connectivity index (χ4n) is 3.09. The van der Waals surface area contributed by atoms with Crippen molar-refractivity contribution in [2.75, 3.05) is 18.6 Å². The smallest absolute Gasteiger partial charge is 0.352 e. The number of rotatable bonds is 13. The van der Waals surface area contributed by atoms with Crippen LogP contribution in [-0.4, -0.2) is 39.8 Å². The number of ether oxygens (including phenoxy) is 1. The van der Waals surface area contributed by atoms with E-state index in [4.69, 9.17) is 10.5 Å². The van der Waals surface area contributed by atoms with Crippen molar-refractivity contribution in [3.05, 3.63) is 69.6 Å². The number of unbranched alkanes of at least 4 members (excludes halogenated alkanes) is 2. The van der Waals surface area contributed by atoms with E-state index in [-0.39, 0.29) is 23.4 Å². The number of nitrogens with one attached hydrogen (secondary N) is 1. The highest BCUT2D eigenvalue weighted by atomic mass is 32.1. The van der Waals surface area contributed by atoms with E-state index < -0.39 is 10.9 Å². The van der Waals surface area contributed by atoms with Gasteiger partial charge in [0.05, 0.1) is 17.2 Å². The third-order valence-corrected chi connectivity index (χ3v) is 5.60. The molecule has 0 radical (unpaired) electrons. The maximum Gasteiger partial charge on any atom is 0.352 e. The number of nitrogens with zero attached hydrogens (tertiary/aromatic N) is 3. The van der Waals surface area contributed by atoms with Crippen LogP contribution in [0.15, 0.2) is 59.0 Å². The van der Waals surface area contributed by atoms with Gasteiger partial charge in [-0.3, -0.25) is 15.5 Å². The van der Waals surface area contributed by atoms with Gasteiger partial charge in [0.15, 0.2) is 0 Å². The van der Waals surface area contributed by atoms with E-state index in [0.29, 0.717) is 24.0 Å². The van der Waals surface area contributed by atoms with Crippen molar-refractivity contribution in [2.24, 2.45) is 10.8 Å². The Morgan fingerprint density at radius 2 is 1.94 bits per heavy atom. The first-order chi connectivity index (χ1) is 16.5. The molecule has 10 nitrogen and oxygen atoms in total. The van der Waals surface area contributed by atoms with Crippen LogP contribution in [-0.2, 0) is 11.2 Å². The Hall–Kier alpha value is -3.83. The lowest BCUT2D eigenvalue weighted by Gasteiger charge is -2.06. The minimum atomic E-state index is -1.28. The van der Waals surface area contributed by atoms with Crippen molar-refractivity contribution in [3.8, 4) is 17.0 Å². The summed E-state index contributed by atoms with van der Waals surface area (Å²) in [4.78, 5) is 26.7. The zero-order valence-electron chi connectivity index (χ0n) is 18.3. The molecule has 11 heteroatoms. The Labute approximate surface area is 200 Å². The maximum absolute atomic E-state index is 11.6. The number of aliphatic carboxylic acids is 1. The van der Waals surface area contributed by atoms with Crippen molar-refractivity contribution < 1.29 is 19.6 Å². The van der Waals surface area contributed by atoms with Gasteiger partial charge in [-0.2, -0.15) is 5.10 Å². The highest BCUT2D eigenvalue weighted by Crippen LogP contribution is 2.27. The fourth-order valence-corrected chi connectivity index (χ4v) is 3.75. The molecule has 0 aliphatic carbocycles. The van der Waals surface area contributed by atoms with Gasteiger partial charge in [-0.15, -0.1) is 11.3 Å². The van der Waals surface area contributed by atoms with Gasteiger partial charge in [0.25, 0.3) is 5.69 Å². The topological polar surface area (TPSA) is 153 Å². The van der Waals surface area contributed by atoms with Gasteiger partial charge in [0, 0.05) is 29.0 Å². The third kappa shape index (κ3) is 7.09. The molecule has 3 rings (SSSR count). The zero-order valence-corrected chi connectivity index (χ0v) is 19.2. The Kier molecular flexibility index (Phi) is 9.06. The molecular weight excluding hydrogens is 458 g/mol. The third-order valence-electron chi connectivity index (χ3n) is 4.85. The predicted octanol–water partition coefficient (Wildman–Crippen LogP) is 4.32. The van der Waals surface area contributed by atoms with Gasteiger partial charge in [-0.25, -0.2) is 9.78 Å². The van der Waals surface area contributed by atoms with Crippen molar-refractivity contribution in [1.29, 1.82) is 0 Å². The summed E-state index contributed by atoms with van der Waals surface area (Å²) in [5, 5.41) is 26.8. The van der Waals surface area contributed by atoms with Gasteiger partial charge in [-0.1, -0.05) is 18.2 Å². The van der Waals surface area contributed by atoms with Crippen molar-refractivity contribution in [3.63, 3.8) is 0 Å². The van der Waals surface area contributed by atoms with Crippen LogP contribution >= 0.6 is 11.3 Å². The van der Waals surface area contributed by atoms with Crippen LogP contribution in [0.1, 0.15) is 24.8 Å². The second-order valence-corrected chi connectivity index (χ2v) is 8.16. The van der Waals surface area contributed by atoms with Crippen LogP contribution in [0.4, 0.5) is 10.8 Å². The number of nitrogens with two attached hydrogens (primary N) is 1. The molecule has 34 heavy (non-hydrogen) atoms. The number of thiazole rings is 1. The highest BCUT2D eigenvalue weighted by Gasteiger charge is 2.18. The van der Waals surface area contributed by atoms with Crippen LogP contribution < -0.4 is 15.9 Å². The van der Waals surface area contributed by atoms with E-state index in [1.54, 1.807) is 6.07 Å². The summed E-state index contributed by atoms with van der Waals surface area (Å²) >= 11 is 1.27. The summed E-state index contributed by atoms with van der Waals surface area (Å²) < 4.78 is 5.72. The first-order valence-electron chi connectivity index (χ1n) is 10.6. The number of carboxylic acid groups (broad SMARTS) is 1. The highest BCUT2D eigenvalue weighted by molar-refractivity contribution is 7.14. The number of carboxylic acids is 1. The first-order valence-corrected chi connectivity index (χ1v) is 11.5. The molecule has 2 aromatic carbocycles. The standard InChI is InChI=1S/C23H25N5O5S/c24-12-4-1-5-13-33-18-10-8-16(9-11-18)20-15-34-23(25-20)27-26-19(22(29)30)14-17-6-2-3-7-21(17)28(31)32/h2-3,6-11,15H,1,4-5,12-14,24H2,(H,25,27)(H,29,30)/b26-19-. The summed E-state index contributed by atoms with van der Waals surface area (Å²) in [6.45, 7) is 1.33. The van der Waals surface area contributed by atoms with Crippen molar-refractivity contribution >= 4 is 33.8 Å². The van der Waals surface area contributed by atoms with E-state index in [9.17, 15) is 20.0 Å². The molecule has 178 valence electrons. The van der Waals surface area contributed by atoms with Gasteiger partial charge in [0.2, 0.25) is 5.13 Å². The molecule has 0 unspecified atom stereocenters. The molecule has 0 aliphatic heterocycles. The Balaban J connectivity index is 1.63. The van der Waals surface area contributed by atoms with Gasteiger partial charge in [-0.05, 0) is 50.1 Å². The largest absolute Gasteiger partial charge is 0.494 e. The van der Waals surface area contributed by atoms with E-state index in [0.717, 1.165) is 30.6 Å². The summed E-state index contributed by atoms with van der Waals surface area (Å²) in [5.74, 6) is -0.503. The quantitative estimate of drug-likeness (QED) is 0.141. The lowest BCUT2D eigenvalue weighted by atomic mass is 10.1. The summed E-state index contributed by atoms with van der Waals surface area (Å²) in [7, 11) is 0. The summed E-state index contributed by atoms with van der Waals surface area (Å²) in [6.07, 6.45) is 2.78. The molecular formula is C23H25N5O5S. The Bertz CT molecular complexity index is 1150. The SMILES string of the molecule is NCCCCCOc1ccc(-c2csc(N/N=C(/Cc3ccccc3[N+](=O)[O-])C(=O)O)n2)cc1. The molecule has 0 saturated carbocycles. The molecule has 0 saturated heterocycles. The van der Waals surface area contributed by atoms with E-state index in [2.05, 4.69) is 15.5 Å². The molecule has 0 amide bonds. The number of hydrazone groups is 1. The van der Waals surface area contributed by atoms with Crippen molar-refractivity contribution in [2.45, 2.75) is 25.7 Å². The Morgan fingerprint density at radius 1 is 1.18 bits per heavy atom. The number of carbonyl (C=O) groups is 1. The summed E-state index contributed by atoms with van der Waals surface area (Å²) in [6, 6.07) is 13.5. The number of hydrogen-bond acceptors (Lipinski definition) is 9. The van der Waals surface area contributed by atoms with Crippen LogP contribution in [0.25, 0.3) is 11.3 Å². The second kappa shape index (κ2) is 12.4. The molecule has 3 aromatic rings. The van der Waals surface area contributed by atoms with Gasteiger partial charge in [0.1, 0.15) is 11.5 Å². The number of benzene rings is 2. The number of aromatic nitrogens is 1. The van der Waals surface area contributed by atoms with E-state index in [1.807, 2.05) is 29.6 Å². The first kappa shape index (κ1) is 24.8. The number of nitro groups is 1. The number of nitro benzene ring substituents is 1. The van der Waals surface area contributed by atoms with E-state index in [1.165, 1.54) is 29.5 Å². The maximum atomic E-state index is 11.6. The fraction of sp³-hybridized carbons (Fsp3) is 0.261. The number of para-hydroxylation sites is 1. The van der Waals surface area contributed by atoms with Crippen LogP contribution in [0.3, 0.4) is 0 Å². The van der Waals surface area contributed by atoms with Crippen LogP contribution in [0.5, 0.6) is 5.75 Å². The number of hydrogen-bond donors (Lipinski definition) is 3. The van der Waals surface area contributed by atoms with Crippen molar-refractivity contribution in [1.82, 2.24) is 4.98 Å². The molecule has 0 fully saturated rings. The zero-order chi connectivity index (χ0) is 24.3. The van der Waals surface area contributed by atoms with Gasteiger partial charge >= 0.3 is 5.97 Å². The lowest BCUT2D eigenvalue weighted by Crippen LogP contribution is -2.18. The molecule has 0 spiro atoms. The minimum Gasteiger partial charge on any atom is -0.494 e. The molecule has 0 bridgehead atoms. The molecule has 0 aliphatic rings. The number of anilines is 1. The minimum absolute atomic E-state index is 0.157. The average Bonchev–Trinajstić information content (AvgIpc) is 3.31. The average molecular weight is 484 g/mol. The molecule has 4 N–H and O–H groups in total. The predicted molar refractivity (Wildman–Crippen MR) is 131 cm³/mol. The Morgan fingerprint density at radius 3 is 2.65 bits per heavy atom. The summed E-state index contributed by atoms with van der Waals surface area (Å²) in [5.41, 5.74) is 9.55. The monoisotopic (exact) mass is 483 g/mol. The second-order valence-electron chi connectivity index (χ2n) is 7.30.